The lowest BCUT2D eigenvalue weighted by molar-refractivity contribution is -0.156. The van der Waals surface area contributed by atoms with E-state index in [9.17, 15) is 4.79 Å². The van der Waals surface area contributed by atoms with E-state index >= 15 is 0 Å². The molecule has 6 nitrogen and oxygen atoms in total. The zero-order chi connectivity index (χ0) is 11.2. The summed E-state index contributed by atoms with van der Waals surface area (Å²) in [5.41, 5.74) is 13.0. The second-order valence-electron chi connectivity index (χ2n) is 3.88. The molecule has 0 unspecified atom stereocenters. The summed E-state index contributed by atoms with van der Waals surface area (Å²) in [7, 11) is 0. The summed E-state index contributed by atoms with van der Waals surface area (Å²) in [6.45, 7) is 5.51. The fraction of sp³-hybridized carbons (Fsp3) is 0.875. The molecule has 0 aliphatic carbocycles. The first kappa shape index (κ1) is 12.7. The zero-order valence-electron chi connectivity index (χ0n) is 8.73. The van der Waals surface area contributed by atoms with Crippen LogP contribution in [0.4, 0.5) is 0 Å². The van der Waals surface area contributed by atoms with E-state index in [4.69, 9.17) is 16.0 Å². The molecule has 0 amide bonds. The third-order valence-corrected chi connectivity index (χ3v) is 1.31. The number of nitrogens with two attached hydrogens (primary N) is 1. The van der Waals surface area contributed by atoms with Crippen LogP contribution in [-0.2, 0) is 9.53 Å². The van der Waals surface area contributed by atoms with Crippen LogP contribution in [0.5, 0.6) is 0 Å². The summed E-state index contributed by atoms with van der Waals surface area (Å²) in [6.07, 6.45) is 0.305. The molecule has 0 saturated heterocycles. The predicted octanol–water partition coefficient (Wildman–Crippen LogP) is 1.36. The highest BCUT2D eigenvalue weighted by Crippen LogP contribution is 2.08. The molecule has 0 aliphatic heterocycles. The highest BCUT2D eigenvalue weighted by atomic mass is 16.6. The van der Waals surface area contributed by atoms with Crippen LogP contribution in [0.2, 0.25) is 0 Å². The molecule has 0 saturated carbocycles. The zero-order valence-corrected chi connectivity index (χ0v) is 8.73. The number of rotatable bonds is 4. The number of azide groups is 1. The van der Waals surface area contributed by atoms with Gasteiger partial charge in [-0.1, -0.05) is 5.11 Å². The first-order valence-electron chi connectivity index (χ1n) is 4.36. The molecule has 0 rings (SSSR count). The number of carbonyl (C=O) groups excluding carboxylic acids is 1. The van der Waals surface area contributed by atoms with Crippen molar-refractivity contribution in [3.8, 4) is 0 Å². The van der Waals surface area contributed by atoms with Gasteiger partial charge in [0.25, 0.3) is 0 Å². The maximum Gasteiger partial charge on any atom is 0.323 e. The van der Waals surface area contributed by atoms with E-state index in [0.717, 1.165) is 0 Å². The van der Waals surface area contributed by atoms with Gasteiger partial charge >= 0.3 is 5.97 Å². The molecule has 0 fully saturated rings. The summed E-state index contributed by atoms with van der Waals surface area (Å²) in [5.74, 6) is -0.467. The van der Waals surface area contributed by atoms with Gasteiger partial charge in [0.1, 0.15) is 11.6 Å². The molecule has 1 atom stereocenters. The van der Waals surface area contributed by atoms with Gasteiger partial charge in [-0.05, 0) is 32.7 Å². The Morgan fingerprint density at radius 3 is 2.64 bits per heavy atom. The first-order chi connectivity index (χ1) is 6.37. The molecule has 0 radical (unpaired) electrons. The van der Waals surface area contributed by atoms with Crippen molar-refractivity contribution in [3.05, 3.63) is 10.4 Å². The molecule has 0 aromatic carbocycles. The van der Waals surface area contributed by atoms with Gasteiger partial charge in [-0.3, -0.25) is 4.79 Å². The van der Waals surface area contributed by atoms with Crippen LogP contribution in [0.15, 0.2) is 5.11 Å². The molecule has 80 valence electrons. The van der Waals surface area contributed by atoms with Crippen molar-refractivity contribution in [2.24, 2.45) is 10.8 Å². The average molecular weight is 200 g/mol. The Balaban J connectivity index is 3.94. The normalized spacial score (nSPS) is 12.9. The second-order valence-corrected chi connectivity index (χ2v) is 3.88. The van der Waals surface area contributed by atoms with Gasteiger partial charge < -0.3 is 10.5 Å². The van der Waals surface area contributed by atoms with Gasteiger partial charge in [0.15, 0.2) is 0 Å². The number of hydrogen-bond donors (Lipinski definition) is 1. The fourth-order valence-corrected chi connectivity index (χ4v) is 0.737. The molecule has 0 aliphatic rings. The molecule has 0 spiro atoms. The molecule has 2 N–H and O–H groups in total. The molecule has 14 heavy (non-hydrogen) atoms. The molecular formula is C8H16N4O2. The quantitative estimate of drug-likeness (QED) is 0.321. The number of ether oxygens (including phenoxy) is 1. The largest absolute Gasteiger partial charge is 0.459 e. The Kier molecular flexibility index (Phi) is 4.97. The van der Waals surface area contributed by atoms with Crippen molar-refractivity contribution in [1.29, 1.82) is 0 Å². The Hall–Kier alpha value is -1.26. The molecular weight excluding hydrogens is 184 g/mol. The van der Waals surface area contributed by atoms with E-state index in [-0.39, 0.29) is 6.54 Å². The third kappa shape index (κ3) is 6.28. The Labute approximate surface area is 83.0 Å². The van der Waals surface area contributed by atoms with Crippen molar-refractivity contribution in [1.82, 2.24) is 0 Å². The third-order valence-electron chi connectivity index (χ3n) is 1.31. The Bertz CT molecular complexity index is 240. The van der Waals surface area contributed by atoms with Gasteiger partial charge in [0.2, 0.25) is 0 Å². The molecule has 0 heterocycles. The van der Waals surface area contributed by atoms with Crippen LogP contribution in [-0.4, -0.2) is 24.2 Å². The summed E-state index contributed by atoms with van der Waals surface area (Å²) in [6, 6.07) is -0.722. The maximum absolute atomic E-state index is 11.3. The van der Waals surface area contributed by atoms with E-state index in [1.165, 1.54) is 0 Å². The maximum atomic E-state index is 11.3. The Morgan fingerprint density at radius 1 is 1.64 bits per heavy atom. The minimum atomic E-state index is -0.722. The smallest absolute Gasteiger partial charge is 0.323 e. The van der Waals surface area contributed by atoms with Crippen LogP contribution in [0.25, 0.3) is 10.4 Å². The van der Waals surface area contributed by atoms with Gasteiger partial charge in [0, 0.05) is 11.5 Å². The lowest BCUT2D eigenvalue weighted by Crippen LogP contribution is -2.37. The second kappa shape index (κ2) is 5.47. The summed E-state index contributed by atoms with van der Waals surface area (Å²) in [5, 5.41) is 3.28. The van der Waals surface area contributed by atoms with Gasteiger partial charge in [-0.25, -0.2) is 0 Å². The highest BCUT2D eigenvalue weighted by molar-refractivity contribution is 5.75. The summed E-state index contributed by atoms with van der Waals surface area (Å²) >= 11 is 0. The SMILES string of the molecule is CC(C)(C)OC(=O)[C@@H](N)CCN=[N+]=[N-]. The average Bonchev–Trinajstić information content (AvgIpc) is 2.01. The molecule has 0 bridgehead atoms. The summed E-state index contributed by atoms with van der Waals surface area (Å²) in [4.78, 5) is 13.8. The lowest BCUT2D eigenvalue weighted by atomic mass is 10.1. The van der Waals surface area contributed by atoms with E-state index in [2.05, 4.69) is 10.0 Å². The van der Waals surface area contributed by atoms with E-state index in [1.807, 2.05) is 0 Å². The molecule has 6 heteroatoms. The van der Waals surface area contributed by atoms with Gasteiger partial charge in [0.05, 0.1) is 0 Å². The minimum Gasteiger partial charge on any atom is -0.459 e. The van der Waals surface area contributed by atoms with Crippen LogP contribution in [0.1, 0.15) is 27.2 Å². The van der Waals surface area contributed by atoms with Crippen LogP contribution >= 0.6 is 0 Å². The van der Waals surface area contributed by atoms with Crippen molar-refractivity contribution in [3.63, 3.8) is 0 Å². The number of hydrogen-bond acceptors (Lipinski definition) is 4. The number of esters is 1. The van der Waals surface area contributed by atoms with Crippen molar-refractivity contribution < 1.29 is 9.53 Å². The van der Waals surface area contributed by atoms with Crippen molar-refractivity contribution in [2.75, 3.05) is 6.54 Å². The predicted molar refractivity (Wildman–Crippen MR) is 52.5 cm³/mol. The van der Waals surface area contributed by atoms with Crippen LogP contribution in [0, 0.1) is 0 Å². The number of carbonyl (C=O) groups is 1. The van der Waals surface area contributed by atoms with E-state index in [0.29, 0.717) is 6.42 Å². The molecule has 0 aromatic rings. The van der Waals surface area contributed by atoms with Crippen molar-refractivity contribution >= 4 is 5.97 Å². The lowest BCUT2D eigenvalue weighted by Gasteiger charge is -2.21. The summed E-state index contributed by atoms with van der Waals surface area (Å²) < 4.78 is 5.03. The minimum absolute atomic E-state index is 0.205. The fourth-order valence-electron chi connectivity index (χ4n) is 0.737. The van der Waals surface area contributed by atoms with E-state index in [1.54, 1.807) is 20.8 Å². The van der Waals surface area contributed by atoms with E-state index < -0.39 is 17.6 Å². The van der Waals surface area contributed by atoms with Gasteiger partial charge in [-0.15, -0.1) is 0 Å². The Morgan fingerprint density at radius 2 is 2.21 bits per heavy atom. The number of nitrogens with zero attached hydrogens (tertiary/aromatic N) is 3. The standard InChI is InChI=1S/C8H16N4O2/c1-8(2,3)14-7(13)6(9)4-5-11-12-10/h6H,4-5,9H2,1-3H3/t6-/m0/s1. The first-order valence-corrected chi connectivity index (χ1v) is 4.36. The highest BCUT2D eigenvalue weighted by Gasteiger charge is 2.21. The van der Waals surface area contributed by atoms with Crippen LogP contribution < -0.4 is 5.73 Å². The van der Waals surface area contributed by atoms with Gasteiger partial charge in [-0.2, -0.15) is 0 Å². The monoisotopic (exact) mass is 200 g/mol. The van der Waals surface area contributed by atoms with Crippen molar-refractivity contribution in [2.45, 2.75) is 38.8 Å². The van der Waals surface area contributed by atoms with Crippen LogP contribution in [0.3, 0.4) is 0 Å². The molecule has 0 aromatic heterocycles. The topological polar surface area (TPSA) is 101 Å².